The van der Waals surface area contributed by atoms with Gasteiger partial charge in [-0.25, -0.2) is 32.5 Å². The Kier molecular flexibility index (Phi) is 9.83. The van der Waals surface area contributed by atoms with Crippen LogP contribution in [0.4, 0.5) is 22.0 Å². The van der Waals surface area contributed by atoms with Crippen molar-refractivity contribution in [3.63, 3.8) is 0 Å². The minimum absolute atomic E-state index is 0.0485. The highest BCUT2D eigenvalue weighted by molar-refractivity contribution is 6.32. The molecule has 0 radical (unpaired) electrons. The summed E-state index contributed by atoms with van der Waals surface area (Å²) in [5.74, 6) is -2.06. The number of benzene rings is 3. The standard InChI is InChI=1S/C36H34ClF5N8O2/c1-20-5-12-29(26(38)13-20)52-17-28(22-8-11-25(37)27(14-22)50-31(30(39)40)44-19-46-50)49-32(51)36(47-34(49)43,18-35(2,3)4)24-9-6-21(7-10-24)23-15-45-48(16-23)33(41)42/h5-16,19,28,30,33H,17-18H2,1-4H3,(H2,43,47)/t28-,36-/m1/s1. The summed E-state index contributed by atoms with van der Waals surface area (Å²) in [5.41, 5.74) is 7.16. The number of nitrogens with zero attached hydrogens (tertiary/aromatic N) is 7. The summed E-state index contributed by atoms with van der Waals surface area (Å²) in [5, 5.41) is 7.71. The monoisotopic (exact) mass is 740 g/mol. The van der Waals surface area contributed by atoms with Gasteiger partial charge in [-0.15, -0.1) is 0 Å². The molecule has 0 fully saturated rings. The molecule has 0 aliphatic carbocycles. The van der Waals surface area contributed by atoms with Crippen molar-refractivity contribution in [2.24, 2.45) is 16.1 Å². The van der Waals surface area contributed by atoms with Crippen molar-refractivity contribution in [3.05, 3.63) is 113 Å². The average molecular weight is 741 g/mol. The van der Waals surface area contributed by atoms with Crippen LogP contribution in [0.2, 0.25) is 5.02 Å². The second-order valence-electron chi connectivity index (χ2n) is 13.6. The van der Waals surface area contributed by atoms with E-state index in [2.05, 4.69) is 15.2 Å². The average Bonchev–Trinajstić information content (AvgIpc) is 3.82. The molecule has 2 N–H and O–H groups in total. The molecule has 2 aromatic heterocycles. The van der Waals surface area contributed by atoms with Crippen LogP contribution in [0.5, 0.6) is 5.75 Å². The molecule has 272 valence electrons. The van der Waals surface area contributed by atoms with E-state index in [0.29, 0.717) is 32.5 Å². The lowest BCUT2D eigenvalue weighted by Gasteiger charge is -2.35. The first-order valence-electron chi connectivity index (χ1n) is 16.1. The molecule has 0 unspecified atom stereocenters. The Morgan fingerprint density at radius 1 is 0.981 bits per heavy atom. The van der Waals surface area contributed by atoms with E-state index in [0.717, 1.165) is 11.0 Å². The number of carbonyl (C=O) groups is 1. The Morgan fingerprint density at radius 3 is 2.35 bits per heavy atom. The normalized spacial score (nSPS) is 17.0. The smallest absolute Gasteiger partial charge is 0.333 e. The molecular formula is C36H34ClF5N8O2. The maximum absolute atomic E-state index is 15.0. The maximum Gasteiger partial charge on any atom is 0.333 e. The van der Waals surface area contributed by atoms with Crippen molar-refractivity contribution in [3.8, 4) is 22.6 Å². The summed E-state index contributed by atoms with van der Waals surface area (Å²) in [6, 6.07) is 14.6. The Labute approximate surface area is 300 Å². The number of hydrogen-bond donors (Lipinski definition) is 1. The number of aromatic nitrogens is 5. The van der Waals surface area contributed by atoms with Crippen LogP contribution in [0.1, 0.15) is 68.7 Å². The Morgan fingerprint density at radius 2 is 1.71 bits per heavy atom. The van der Waals surface area contributed by atoms with Gasteiger partial charge in [0.2, 0.25) is 0 Å². The zero-order valence-corrected chi connectivity index (χ0v) is 29.2. The first-order chi connectivity index (χ1) is 24.6. The van der Waals surface area contributed by atoms with Crippen LogP contribution >= 0.6 is 11.6 Å². The molecule has 1 aliphatic rings. The topological polar surface area (TPSA) is 116 Å². The van der Waals surface area contributed by atoms with Crippen LogP contribution in [0.15, 0.2) is 84.4 Å². The number of amides is 1. The van der Waals surface area contributed by atoms with Gasteiger partial charge in [0.1, 0.15) is 12.9 Å². The molecule has 0 spiro atoms. The molecule has 10 nitrogen and oxygen atoms in total. The number of nitrogens with two attached hydrogens (primary N) is 1. The van der Waals surface area contributed by atoms with Crippen molar-refractivity contribution in [2.75, 3.05) is 6.61 Å². The molecule has 6 rings (SSSR count). The third kappa shape index (κ3) is 7.09. The predicted molar refractivity (Wildman–Crippen MR) is 184 cm³/mol. The van der Waals surface area contributed by atoms with Gasteiger partial charge < -0.3 is 10.5 Å². The number of aliphatic imine (C=N–C) groups is 1. The molecule has 0 saturated carbocycles. The molecule has 1 amide bonds. The van der Waals surface area contributed by atoms with Crippen molar-refractivity contribution >= 4 is 23.5 Å². The predicted octanol–water partition coefficient (Wildman–Crippen LogP) is 8.17. The number of alkyl halides is 4. The SMILES string of the molecule is Cc1ccc(OC[C@H](c2ccc(Cl)c(-n3ncnc3C(F)F)c2)N2C(=O)[C@@](CC(C)(C)C)(c3ccc(-c4cnn(C(F)F)c4)cc3)N=C2N)c(F)c1. The summed E-state index contributed by atoms with van der Waals surface area (Å²) in [7, 11) is 0. The third-order valence-electron chi connectivity index (χ3n) is 8.56. The highest BCUT2D eigenvalue weighted by Gasteiger charge is 2.53. The molecule has 16 heteroatoms. The minimum atomic E-state index is -2.97. The summed E-state index contributed by atoms with van der Waals surface area (Å²) >= 11 is 6.48. The number of halogens is 6. The fraction of sp³-hybridized carbons (Fsp3) is 0.306. The van der Waals surface area contributed by atoms with Crippen LogP contribution in [-0.4, -0.2) is 47.9 Å². The van der Waals surface area contributed by atoms with Gasteiger partial charge in [0, 0.05) is 11.8 Å². The quantitative estimate of drug-likeness (QED) is 0.137. The molecular weight excluding hydrogens is 707 g/mol. The van der Waals surface area contributed by atoms with Crippen LogP contribution in [0.25, 0.3) is 16.8 Å². The van der Waals surface area contributed by atoms with Gasteiger partial charge in [0.15, 0.2) is 28.9 Å². The van der Waals surface area contributed by atoms with E-state index in [4.69, 9.17) is 27.1 Å². The van der Waals surface area contributed by atoms with Gasteiger partial charge in [-0.3, -0.25) is 9.69 Å². The Hall–Kier alpha value is -5.31. The number of hydrogen-bond acceptors (Lipinski definition) is 7. The van der Waals surface area contributed by atoms with Gasteiger partial charge in [-0.05, 0) is 65.3 Å². The lowest BCUT2D eigenvalue weighted by molar-refractivity contribution is -0.134. The van der Waals surface area contributed by atoms with E-state index >= 15 is 0 Å². The number of rotatable bonds is 11. The molecule has 0 bridgehead atoms. The zero-order chi connectivity index (χ0) is 37.5. The van der Waals surface area contributed by atoms with Gasteiger partial charge in [0.05, 0.1) is 22.9 Å². The Bertz CT molecular complexity index is 2130. The third-order valence-corrected chi connectivity index (χ3v) is 8.88. The van der Waals surface area contributed by atoms with E-state index < -0.39 is 47.5 Å². The molecule has 3 aromatic carbocycles. The van der Waals surface area contributed by atoms with Crippen molar-refractivity contribution in [1.82, 2.24) is 29.4 Å². The van der Waals surface area contributed by atoms with E-state index in [1.54, 1.807) is 43.3 Å². The van der Waals surface area contributed by atoms with Gasteiger partial charge in [0.25, 0.3) is 12.3 Å². The summed E-state index contributed by atoms with van der Waals surface area (Å²) in [4.78, 5) is 24.7. The fourth-order valence-corrected chi connectivity index (χ4v) is 6.50. The highest BCUT2D eigenvalue weighted by Crippen LogP contribution is 2.45. The lowest BCUT2D eigenvalue weighted by Crippen LogP contribution is -2.47. The van der Waals surface area contributed by atoms with Crippen molar-refractivity contribution in [1.29, 1.82) is 0 Å². The van der Waals surface area contributed by atoms with E-state index in [1.807, 2.05) is 20.8 Å². The second kappa shape index (κ2) is 14.0. The fourth-order valence-electron chi connectivity index (χ4n) is 6.30. The van der Waals surface area contributed by atoms with E-state index in [-0.39, 0.29) is 35.4 Å². The molecule has 52 heavy (non-hydrogen) atoms. The number of ether oxygens (including phenoxy) is 1. The summed E-state index contributed by atoms with van der Waals surface area (Å²) < 4.78 is 76.5. The first-order valence-corrected chi connectivity index (χ1v) is 16.4. The zero-order valence-electron chi connectivity index (χ0n) is 28.4. The van der Waals surface area contributed by atoms with Crippen LogP contribution in [-0.2, 0) is 10.3 Å². The van der Waals surface area contributed by atoms with Gasteiger partial charge in [-0.1, -0.05) is 68.8 Å². The van der Waals surface area contributed by atoms with Crippen LogP contribution in [0, 0.1) is 18.2 Å². The summed E-state index contributed by atoms with van der Waals surface area (Å²) in [6.45, 7) is 4.40. The van der Waals surface area contributed by atoms with Gasteiger partial charge >= 0.3 is 6.55 Å². The first kappa shape index (κ1) is 36.5. The Balaban J connectivity index is 1.44. The van der Waals surface area contributed by atoms with E-state index in [1.165, 1.54) is 41.6 Å². The number of guanidine groups is 1. The largest absolute Gasteiger partial charge is 0.488 e. The molecule has 5 aromatic rings. The van der Waals surface area contributed by atoms with Crippen molar-refractivity contribution in [2.45, 2.75) is 58.7 Å². The lowest BCUT2D eigenvalue weighted by atomic mass is 9.75. The van der Waals surface area contributed by atoms with Gasteiger partial charge in [-0.2, -0.15) is 19.0 Å². The molecule has 1 aliphatic heterocycles. The van der Waals surface area contributed by atoms with E-state index in [9.17, 15) is 26.7 Å². The van der Waals surface area contributed by atoms with Crippen LogP contribution in [0.3, 0.4) is 0 Å². The van der Waals surface area contributed by atoms with Crippen molar-refractivity contribution < 1.29 is 31.5 Å². The maximum atomic E-state index is 15.0. The number of aryl methyl sites for hydroxylation is 1. The number of carbonyl (C=O) groups excluding carboxylic acids is 1. The molecule has 0 saturated heterocycles. The summed E-state index contributed by atoms with van der Waals surface area (Å²) in [6.07, 6.45) is 0.724. The van der Waals surface area contributed by atoms with Crippen LogP contribution < -0.4 is 10.5 Å². The molecule has 3 heterocycles. The molecule has 2 atom stereocenters. The minimum Gasteiger partial charge on any atom is -0.488 e. The second-order valence-corrected chi connectivity index (χ2v) is 14.0. The highest BCUT2D eigenvalue weighted by atomic mass is 35.5.